The molecule has 0 unspecified atom stereocenters. The maximum Gasteiger partial charge on any atom is 0.359 e. The molecule has 4 rings (SSSR count). The summed E-state index contributed by atoms with van der Waals surface area (Å²) < 4.78 is 25.7. The second-order valence-corrected chi connectivity index (χ2v) is 8.47. The SMILES string of the molecule is COc1c(Cl)ccc(-c2nc(NCc3ncccc3C)c(Cl)c(C(=O)OCc3ccccc3)n2)c1F. The quantitative estimate of drug-likeness (QED) is 0.270. The predicted molar refractivity (Wildman–Crippen MR) is 136 cm³/mol. The van der Waals surface area contributed by atoms with Gasteiger partial charge in [-0.15, -0.1) is 0 Å². The molecule has 7 nitrogen and oxygen atoms in total. The molecule has 0 atom stereocenters. The van der Waals surface area contributed by atoms with E-state index in [9.17, 15) is 4.79 Å². The van der Waals surface area contributed by atoms with E-state index < -0.39 is 11.8 Å². The van der Waals surface area contributed by atoms with Crippen LogP contribution in [0.3, 0.4) is 0 Å². The molecule has 0 saturated carbocycles. The first-order valence-corrected chi connectivity index (χ1v) is 11.6. The number of anilines is 1. The summed E-state index contributed by atoms with van der Waals surface area (Å²) in [7, 11) is 1.30. The molecule has 184 valence electrons. The highest BCUT2D eigenvalue weighted by Crippen LogP contribution is 2.35. The van der Waals surface area contributed by atoms with Crippen molar-refractivity contribution in [3.8, 4) is 17.1 Å². The highest BCUT2D eigenvalue weighted by Gasteiger charge is 2.24. The fraction of sp³-hybridized carbons (Fsp3) is 0.154. The van der Waals surface area contributed by atoms with Crippen LogP contribution in [0.25, 0.3) is 11.4 Å². The fourth-order valence-electron chi connectivity index (χ4n) is 3.37. The van der Waals surface area contributed by atoms with Crippen LogP contribution in [-0.2, 0) is 17.9 Å². The molecule has 0 aliphatic carbocycles. The van der Waals surface area contributed by atoms with Crippen LogP contribution < -0.4 is 10.1 Å². The molecule has 1 N–H and O–H groups in total. The Kier molecular flexibility index (Phi) is 7.97. The second-order valence-electron chi connectivity index (χ2n) is 7.68. The topological polar surface area (TPSA) is 86.2 Å². The number of aromatic nitrogens is 3. The maximum absolute atomic E-state index is 15.2. The maximum atomic E-state index is 15.2. The number of carbonyl (C=O) groups is 1. The van der Waals surface area contributed by atoms with Gasteiger partial charge < -0.3 is 14.8 Å². The Bertz CT molecular complexity index is 1400. The van der Waals surface area contributed by atoms with Gasteiger partial charge in [-0.2, -0.15) is 0 Å². The molecule has 2 heterocycles. The second kappa shape index (κ2) is 11.3. The van der Waals surface area contributed by atoms with Crippen molar-refractivity contribution >= 4 is 35.0 Å². The van der Waals surface area contributed by atoms with E-state index in [0.717, 1.165) is 16.8 Å². The minimum Gasteiger partial charge on any atom is -0.492 e. The number of ether oxygens (including phenoxy) is 2. The van der Waals surface area contributed by atoms with Crippen LogP contribution in [0.1, 0.15) is 27.3 Å². The Morgan fingerprint density at radius 1 is 1.06 bits per heavy atom. The van der Waals surface area contributed by atoms with Gasteiger partial charge in [0.1, 0.15) is 17.4 Å². The molecule has 0 amide bonds. The smallest absolute Gasteiger partial charge is 0.359 e. The molecule has 36 heavy (non-hydrogen) atoms. The van der Waals surface area contributed by atoms with Gasteiger partial charge in [0.25, 0.3) is 0 Å². The van der Waals surface area contributed by atoms with Crippen LogP contribution in [0.5, 0.6) is 5.75 Å². The largest absolute Gasteiger partial charge is 0.492 e. The number of esters is 1. The van der Waals surface area contributed by atoms with Crippen LogP contribution in [0.15, 0.2) is 60.8 Å². The molecule has 0 radical (unpaired) electrons. The Morgan fingerprint density at radius 2 is 1.83 bits per heavy atom. The van der Waals surface area contributed by atoms with Crippen molar-refractivity contribution in [3.05, 3.63) is 99.2 Å². The number of hydrogen-bond donors (Lipinski definition) is 1. The van der Waals surface area contributed by atoms with E-state index in [4.69, 9.17) is 32.7 Å². The first kappa shape index (κ1) is 25.3. The van der Waals surface area contributed by atoms with Crippen molar-refractivity contribution in [2.24, 2.45) is 0 Å². The lowest BCUT2D eigenvalue weighted by molar-refractivity contribution is 0.0466. The molecule has 4 aromatic rings. The molecule has 0 aliphatic rings. The Balaban J connectivity index is 1.73. The zero-order valence-electron chi connectivity index (χ0n) is 19.4. The van der Waals surface area contributed by atoms with E-state index in [0.29, 0.717) is 0 Å². The van der Waals surface area contributed by atoms with Gasteiger partial charge >= 0.3 is 5.97 Å². The van der Waals surface area contributed by atoms with E-state index in [2.05, 4.69) is 20.3 Å². The summed E-state index contributed by atoms with van der Waals surface area (Å²) in [5, 5.41) is 3.10. The van der Waals surface area contributed by atoms with Crippen LogP contribution in [-0.4, -0.2) is 28.0 Å². The lowest BCUT2D eigenvalue weighted by Gasteiger charge is -2.14. The summed E-state index contributed by atoms with van der Waals surface area (Å²) in [6.07, 6.45) is 1.67. The van der Waals surface area contributed by atoms with Gasteiger partial charge in [-0.3, -0.25) is 4.98 Å². The highest BCUT2D eigenvalue weighted by atomic mass is 35.5. The van der Waals surface area contributed by atoms with Crippen molar-refractivity contribution in [1.29, 1.82) is 0 Å². The summed E-state index contributed by atoms with van der Waals surface area (Å²) in [5.74, 6) is -1.71. The zero-order chi connectivity index (χ0) is 25.7. The minimum absolute atomic E-state index is 0.00829. The molecule has 0 bridgehead atoms. The lowest BCUT2D eigenvalue weighted by Crippen LogP contribution is -2.14. The summed E-state index contributed by atoms with van der Waals surface area (Å²) in [5.41, 5.74) is 2.25. The summed E-state index contributed by atoms with van der Waals surface area (Å²) in [6.45, 7) is 2.18. The first-order valence-electron chi connectivity index (χ1n) is 10.8. The van der Waals surface area contributed by atoms with Crippen molar-refractivity contribution in [2.45, 2.75) is 20.1 Å². The molecule has 0 saturated heterocycles. The number of nitrogens with one attached hydrogen (secondary N) is 1. The van der Waals surface area contributed by atoms with Gasteiger partial charge in [-0.1, -0.05) is 59.6 Å². The number of pyridine rings is 1. The highest BCUT2D eigenvalue weighted by molar-refractivity contribution is 6.35. The van der Waals surface area contributed by atoms with Crippen molar-refractivity contribution in [3.63, 3.8) is 0 Å². The molecule has 2 aromatic carbocycles. The number of benzene rings is 2. The molecular formula is C26H21Cl2FN4O3. The van der Waals surface area contributed by atoms with E-state index in [1.807, 2.05) is 49.4 Å². The van der Waals surface area contributed by atoms with E-state index >= 15 is 4.39 Å². The number of nitrogens with zero attached hydrogens (tertiary/aromatic N) is 3. The average Bonchev–Trinajstić information content (AvgIpc) is 2.88. The monoisotopic (exact) mass is 526 g/mol. The van der Waals surface area contributed by atoms with Crippen LogP contribution in [0, 0.1) is 12.7 Å². The van der Waals surface area contributed by atoms with Gasteiger partial charge in [-0.25, -0.2) is 19.2 Å². The van der Waals surface area contributed by atoms with Crippen LogP contribution in [0.4, 0.5) is 10.2 Å². The van der Waals surface area contributed by atoms with Crippen LogP contribution in [0.2, 0.25) is 10.0 Å². The summed E-state index contributed by atoms with van der Waals surface area (Å²) >= 11 is 12.6. The predicted octanol–water partition coefficient (Wildman–Crippen LogP) is 6.27. The number of rotatable bonds is 8. The molecule has 0 spiro atoms. The Hall–Kier alpha value is -3.75. The molecule has 0 fully saturated rings. The van der Waals surface area contributed by atoms with Gasteiger partial charge in [0.15, 0.2) is 23.1 Å². The molecule has 10 heteroatoms. The van der Waals surface area contributed by atoms with E-state index in [1.54, 1.807) is 6.20 Å². The van der Waals surface area contributed by atoms with Gasteiger partial charge in [0, 0.05) is 6.20 Å². The number of aryl methyl sites for hydroxylation is 1. The van der Waals surface area contributed by atoms with E-state index in [1.165, 1.54) is 19.2 Å². The first-order chi connectivity index (χ1) is 17.4. The van der Waals surface area contributed by atoms with Crippen LogP contribution >= 0.6 is 23.2 Å². The third kappa shape index (κ3) is 5.56. The number of methoxy groups -OCH3 is 1. The lowest BCUT2D eigenvalue weighted by atomic mass is 10.1. The number of carbonyl (C=O) groups excluding carboxylic acids is 1. The fourth-order valence-corrected chi connectivity index (χ4v) is 3.83. The third-order valence-electron chi connectivity index (χ3n) is 5.29. The Morgan fingerprint density at radius 3 is 2.56 bits per heavy atom. The van der Waals surface area contributed by atoms with Gasteiger partial charge in [-0.05, 0) is 36.2 Å². The van der Waals surface area contributed by atoms with E-state index in [-0.39, 0.29) is 51.8 Å². The van der Waals surface area contributed by atoms with Crippen molar-refractivity contribution in [1.82, 2.24) is 15.0 Å². The molecule has 0 aliphatic heterocycles. The summed E-state index contributed by atoms with van der Waals surface area (Å²) in [6, 6.07) is 15.7. The number of halogens is 3. The number of hydrogen-bond acceptors (Lipinski definition) is 7. The summed E-state index contributed by atoms with van der Waals surface area (Å²) in [4.78, 5) is 26.0. The zero-order valence-corrected chi connectivity index (χ0v) is 20.9. The molecule has 2 aromatic heterocycles. The minimum atomic E-state index is -0.786. The average molecular weight is 527 g/mol. The van der Waals surface area contributed by atoms with Gasteiger partial charge in [0.05, 0.1) is 29.9 Å². The van der Waals surface area contributed by atoms with Gasteiger partial charge in [0.2, 0.25) is 0 Å². The normalized spacial score (nSPS) is 10.7. The van der Waals surface area contributed by atoms with Crippen molar-refractivity contribution in [2.75, 3.05) is 12.4 Å². The van der Waals surface area contributed by atoms with Crippen molar-refractivity contribution < 1.29 is 18.7 Å². The Labute approximate surface area is 217 Å². The standard InChI is InChI=1S/C26H21Cl2FN4O3/c1-15-7-6-12-30-19(15)13-31-25-20(28)22(26(34)36-14-16-8-4-3-5-9-16)32-24(33-25)17-10-11-18(27)23(35-2)21(17)29/h3-12H,13-14H2,1-2H3,(H,31,32,33). The molecular weight excluding hydrogens is 506 g/mol. The third-order valence-corrected chi connectivity index (χ3v) is 5.95.